The molecule has 0 fully saturated rings. The molecule has 156 valence electrons. The number of phenolic OH excluding ortho intramolecular Hbond substituents is 1. The zero-order valence-electron chi connectivity index (χ0n) is 18.0. The largest absolute Gasteiger partial charge is 0.506 e. The fourth-order valence-electron chi connectivity index (χ4n) is 3.78. The number of phenols is 1. The number of aryl methyl sites for hydroxylation is 2. The summed E-state index contributed by atoms with van der Waals surface area (Å²) in [4.78, 5) is 1.58. The van der Waals surface area contributed by atoms with E-state index in [9.17, 15) is 5.11 Å². The van der Waals surface area contributed by atoms with Crippen molar-refractivity contribution in [1.29, 1.82) is 0 Å². The summed E-state index contributed by atoms with van der Waals surface area (Å²) in [7, 11) is 0. The van der Waals surface area contributed by atoms with Gasteiger partial charge in [0.2, 0.25) is 0 Å². The maximum Gasteiger partial charge on any atom is 0.143 e. The van der Waals surface area contributed by atoms with Gasteiger partial charge in [0.15, 0.2) is 0 Å². The first kappa shape index (κ1) is 21.4. The van der Waals surface area contributed by atoms with Crippen molar-refractivity contribution in [2.45, 2.75) is 84.5 Å². The van der Waals surface area contributed by atoms with Gasteiger partial charge in [0.1, 0.15) is 22.5 Å². The average molecular weight is 394 g/mol. The lowest BCUT2D eigenvalue weighted by Gasteiger charge is -2.07. The first-order valence-corrected chi connectivity index (χ1v) is 11.4. The Kier molecular flexibility index (Phi) is 8.09. The molecule has 0 aliphatic rings. The van der Waals surface area contributed by atoms with E-state index in [0.717, 1.165) is 23.9 Å². The minimum absolute atomic E-state index is 0.222. The van der Waals surface area contributed by atoms with E-state index >= 15 is 0 Å². The highest BCUT2D eigenvalue weighted by Crippen LogP contribution is 2.24. The van der Waals surface area contributed by atoms with Crippen molar-refractivity contribution in [2.75, 3.05) is 0 Å². The predicted octanol–water partition coefficient (Wildman–Crippen LogP) is 6.76. The van der Waals surface area contributed by atoms with Crippen molar-refractivity contribution in [3.8, 4) is 11.4 Å². The van der Waals surface area contributed by atoms with Gasteiger partial charge in [-0.15, -0.1) is 15.0 Å². The topological polar surface area (TPSA) is 50.9 Å². The molecule has 0 aliphatic carbocycles. The van der Waals surface area contributed by atoms with Crippen LogP contribution in [0.5, 0.6) is 5.75 Å². The van der Waals surface area contributed by atoms with E-state index in [1.165, 1.54) is 68.9 Å². The maximum atomic E-state index is 10.4. The third-order valence-corrected chi connectivity index (χ3v) is 5.59. The Hall–Kier alpha value is -2.36. The van der Waals surface area contributed by atoms with Crippen LogP contribution in [-0.4, -0.2) is 20.1 Å². The van der Waals surface area contributed by atoms with Gasteiger partial charge in [0.05, 0.1) is 0 Å². The van der Waals surface area contributed by atoms with E-state index in [2.05, 4.69) is 36.2 Å². The summed E-state index contributed by atoms with van der Waals surface area (Å²) < 4.78 is 0. The molecule has 2 aromatic carbocycles. The Labute approximate surface area is 175 Å². The van der Waals surface area contributed by atoms with E-state index in [4.69, 9.17) is 0 Å². The molecular weight excluding hydrogens is 358 g/mol. The number of unbranched alkanes of at least 4 members (excludes halogenated alkanes) is 7. The molecule has 29 heavy (non-hydrogen) atoms. The summed E-state index contributed by atoms with van der Waals surface area (Å²) in [6.45, 7) is 4.46. The molecule has 3 aromatic rings. The zero-order chi connectivity index (χ0) is 20.5. The third kappa shape index (κ3) is 6.06. The van der Waals surface area contributed by atoms with Crippen LogP contribution in [0.2, 0.25) is 0 Å². The summed E-state index contributed by atoms with van der Waals surface area (Å²) in [5.41, 5.74) is 4.94. The first-order valence-electron chi connectivity index (χ1n) is 11.4. The SMILES string of the molecule is CCCCCCCCCc1ccc(O)c(-n2nc3ccc(CCCC)cc3n2)c1. The summed E-state index contributed by atoms with van der Waals surface area (Å²) in [5, 5.41) is 19.6. The van der Waals surface area contributed by atoms with Crippen LogP contribution in [0.25, 0.3) is 16.7 Å². The highest BCUT2D eigenvalue weighted by Gasteiger charge is 2.10. The second-order valence-electron chi connectivity index (χ2n) is 8.11. The molecule has 4 heteroatoms. The van der Waals surface area contributed by atoms with E-state index in [1.54, 1.807) is 10.9 Å². The molecule has 0 saturated heterocycles. The summed E-state index contributed by atoms with van der Waals surface area (Å²) in [6.07, 6.45) is 13.6. The Morgan fingerprint density at radius 3 is 2.10 bits per heavy atom. The molecule has 3 rings (SSSR count). The van der Waals surface area contributed by atoms with Gasteiger partial charge in [0, 0.05) is 0 Å². The summed E-state index contributed by atoms with van der Waals surface area (Å²) in [5.74, 6) is 0.222. The minimum atomic E-state index is 0.222. The van der Waals surface area contributed by atoms with E-state index in [0.29, 0.717) is 5.69 Å². The summed E-state index contributed by atoms with van der Waals surface area (Å²) in [6, 6.07) is 12.1. The molecule has 0 spiro atoms. The minimum Gasteiger partial charge on any atom is -0.506 e. The van der Waals surface area contributed by atoms with Crippen LogP contribution in [0.4, 0.5) is 0 Å². The maximum absolute atomic E-state index is 10.4. The monoisotopic (exact) mass is 393 g/mol. The highest BCUT2D eigenvalue weighted by molar-refractivity contribution is 5.75. The number of nitrogens with zero attached hydrogens (tertiary/aromatic N) is 3. The molecule has 0 saturated carbocycles. The first-order chi connectivity index (χ1) is 14.2. The van der Waals surface area contributed by atoms with E-state index in [-0.39, 0.29) is 5.75 Å². The Bertz CT molecular complexity index is 900. The molecule has 1 N–H and O–H groups in total. The van der Waals surface area contributed by atoms with Gasteiger partial charge in [0.25, 0.3) is 0 Å². The lowest BCUT2D eigenvalue weighted by molar-refractivity contribution is 0.467. The van der Waals surface area contributed by atoms with Crippen molar-refractivity contribution >= 4 is 11.0 Å². The van der Waals surface area contributed by atoms with Gasteiger partial charge in [-0.2, -0.15) is 0 Å². The van der Waals surface area contributed by atoms with Crippen molar-refractivity contribution in [1.82, 2.24) is 15.0 Å². The Morgan fingerprint density at radius 1 is 0.690 bits per heavy atom. The van der Waals surface area contributed by atoms with Gasteiger partial charge < -0.3 is 5.11 Å². The van der Waals surface area contributed by atoms with Gasteiger partial charge >= 0.3 is 0 Å². The van der Waals surface area contributed by atoms with E-state index < -0.39 is 0 Å². The van der Waals surface area contributed by atoms with Gasteiger partial charge in [-0.1, -0.05) is 70.9 Å². The van der Waals surface area contributed by atoms with Gasteiger partial charge in [-0.3, -0.25) is 0 Å². The summed E-state index contributed by atoms with van der Waals surface area (Å²) >= 11 is 0. The van der Waals surface area contributed by atoms with Crippen molar-refractivity contribution < 1.29 is 5.11 Å². The van der Waals surface area contributed by atoms with Crippen molar-refractivity contribution in [3.05, 3.63) is 47.5 Å². The number of benzene rings is 2. The number of aromatic nitrogens is 3. The third-order valence-electron chi connectivity index (χ3n) is 5.59. The molecule has 4 nitrogen and oxygen atoms in total. The normalized spacial score (nSPS) is 11.4. The highest BCUT2D eigenvalue weighted by atomic mass is 16.3. The molecule has 0 amide bonds. The number of aromatic hydroxyl groups is 1. The Balaban J connectivity index is 1.66. The molecule has 1 heterocycles. The fraction of sp³-hybridized carbons (Fsp3) is 0.520. The molecular formula is C25H35N3O. The second-order valence-corrected chi connectivity index (χ2v) is 8.11. The average Bonchev–Trinajstić information content (AvgIpc) is 3.15. The molecule has 0 bridgehead atoms. The van der Waals surface area contributed by atoms with Crippen LogP contribution >= 0.6 is 0 Å². The molecule has 0 unspecified atom stereocenters. The van der Waals surface area contributed by atoms with Crippen LogP contribution in [0.1, 0.15) is 82.8 Å². The predicted molar refractivity (Wildman–Crippen MR) is 121 cm³/mol. The van der Waals surface area contributed by atoms with Gasteiger partial charge in [-0.25, -0.2) is 0 Å². The Morgan fingerprint density at radius 2 is 1.31 bits per heavy atom. The van der Waals surface area contributed by atoms with E-state index in [1.807, 2.05) is 18.2 Å². The fourth-order valence-corrected chi connectivity index (χ4v) is 3.78. The molecule has 0 radical (unpaired) electrons. The second kappa shape index (κ2) is 11.0. The smallest absolute Gasteiger partial charge is 0.143 e. The van der Waals surface area contributed by atoms with Crippen LogP contribution in [0.3, 0.4) is 0 Å². The zero-order valence-corrected chi connectivity index (χ0v) is 18.0. The quantitative estimate of drug-likeness (QED) is 0.346. The van der Waals surface area contributed by atoms with Gasteiger partial charge in [-0.05, 0) is 61.1 Å². The van der Waals surface area contributed by atoms with Crippen LogP contribution < -0.4 is 0 Å². The van der Waals surface area contributed by atoms with Crippen LogP contribution in [0.15, 0.2) is 36.4 Å². The molecule has 1 aromatic heterocycles. The van der Waals surface area contributed by atoms with Crippen molar-refractivity contribution in [3.63, 3.8) is 0 Å². The number of hydrogen-bond donors (Lipinski definition) is 1. The number of fused-ring (bicyclic) bond motifs is 1. The number of hydrogen-bond acceptors (Lipinski definition) is 3. The van der Waals surface area contributed by atoms with Crippen LogP contribution in [-0.2, 0) is 12.8 Å². The van der Waals surface area contributed by atoms with Crippen LogP contribution in [0, 0.1) is 0 Å². The van der Waals surface area contributed by atoms with Crippen molar-refractivity contribution in [2.24, 2.45) is 0 Å². The number of rotatable bonds is 12. The standard InChI is InChI=1S/C25H35N3O/c1-3-5-7-8-9-10-11-13-21-15-17-25(29)24(19-21)28-26-22-16-14-20(12-6-4-2)18-23(22)27-28/h14-19,29H,3-13H2,1-2H3. The molecule has 0 atom stereocenters. The lowest BCUT2D eigenvalue weighted by Crippen LogP contribution is -2.00. The molecule has 0 aliphatic heterocycles. The lowest BCUT2D eigenvalue weighted by atomic mass is 10.0.